The third-order valence-corrected chi connectivity index (χ3v) is 6.74. The summed E-state index contributed by atoms with van der Waals surface area (Å²) < 4.78 is 42.4. The number of nitrogens with zero attached hydrogens (tertiary/aromatic N) is 1. The topological polar surface area (TPSA) is 88.2 Å². The molecule has 1 aromatic heterocycles. The van der Waals surface area contributed by atoms with Crippen molar-refractivity contribution in [3.05, 3.63) is 81.6 Å². The lowest BCUT2D eigenvalue weighted by Crippen LogP contribution is -2.29. The molecule has 0 saturated heterocycles. The second-order valence-electron chi connectivity index (χ2n) is 9.14. The van der Waals surface area contributed by atoms with E-state index in [2.05, 4.69) is 9.72 Å². The smallest absolute Gasteiger partial charge is 0.410 e. The van der Waals surface area contributed by atoms with Gasteiger partial charge in [0.2, 0.25) is 0 Å². The first-order chi connectivity index (χ1) is 18.2. The number of hydrogen-bond donors (Lipinski definition) is 1. The number of aromatic amines is 1. The van der Waals surface area contributed by atoms with Gasteiger partial charge in [-0.3, -0.25) is 0 Å². The van der Waals surface area contributed by atoms with Crippen LogP contribution in [0.15, 0.2) is 54.9 Å². The zero-order valence-electron chi connectivity index (χ0n) is 20.6. The second-order valence-corrected chi connectivity index (χ2v) is 9.96. The van der Waals surface area contributed by atoms with Gasteiger partial charge in [0.05, 0.1) is 6.61 Å². The predicted octanol–water partition coefficient (Wildman–Crippen LogP) is 6.33. The summed E-state index contributed by atoms with van der Waals surface area (Å²) in [4.78, 5) is 17.4. The Morgan fingerprint density at radius 3 is 2.42 bits per heavy atom. The number of ether oxygens (including phenoxy) is 3. The Hall–Kier alpha value is -3.30. The Morgan fingerprint density at radius 1 is 1.11 bits per heavy atom. The van der Waals surface area contributed by atoms with E-state index >= 15 is 0 Å². The molecule has 2 aromatic carbocycles. The van der Waals surface area contributed by atoms with Crippen LogP contribution in [0.1, 0.15) is 35.6 Å². The molecular weight excluding hydrogens is 539 g/mol. The molecule has 3 aromatic rings. The molecule has 0 radical (unpaired) electrons. The summed E-state index contributed by atoms with van der Waals surface area (Å²) in [5, 5.41) is 0.716. The zero-order valence-corrected chi connectivity index (χ0v) is 22.1. The average Bonchev–Trinajstić information content (AvgIpc) is 3.70. The molecule has 202 valence electrons. The molecule has 1 fully saturated rings. The number of benzene rings is 2. The number of nitrogens with one attached hydrogen (secondary N) is 1. The highest BCUT2D eigenvalue weighted by molar-refractivity contribution is 6.35. The Morgan fingerprint density at radius 2 is 1.79 bits per heavy atom. The molecule has 4 rings (SSSR count). The maximum Gasteiger partial charge on any atom is 0.410 e. The Bertz CT molecular complexity index is 1240. The first-order valence-corrected chi connectivity index (χ1v) is 12.8. The molecule has 3 N–H and O–H groups in total. The van der Waals surface area contributed by atoms with E-state index in [1.54, 1.807) is 43.7 Å². The van der Waals surface area contributed by atoms with Crippen LogP contribution in [0.5, 0.6) is 11.5 Å². The molecule has 1 aliphatic carbocycles. The van der Waals surface area contributed by atoms with Gasteiger partial charge in [-0.15, -0.1) is 0 Å². The second kappa shape index (κ2) is 12.5. The van der Waals surface area contributed by atoms with Gasteiger partial charge in [0.1, 0.15) is 16.1 Å². The van der Waals surface area contributed by atoms with Crippen LogP contribution < -0.4 is 20.2 Å². The number of nitrogen functional groups attached to an aromatic ring is 1. The number of aromatic nitrogens is 1. The number of hydrogen-bond acceptors (Lipinski definition) is 5. The van der Waals surface area contributed by atoms with Gasteiger partial charge in [0.25, 0.3) is 0 Å². The predicted molar refractivity (Wildman–Crippen MR) is 140 cm³/mol. The molecule has 1 aliphatic rings. The highest BCUT2D eigenvalue weighted by atomic mass is 35.5. The monoisotopic (exact) mass is 566 g/mol. The van der Waals surface area contributed by atoms with Crippen molar-refractivity contribution in [3.63, 3.8) is 0 Å². The third-order valence-electron chi connectivity index (χ3n) is 6.07. The maximum atomic E-state index is 13.1. The van der Waals surface area contributed by atoms with Crippen LogP contribution in [0, 0.1) is 5.92 Å². The molecular formula is C27H28Cl2F2N3O4+. The quantitative estimate of drug-likeness (QED) is 0.274. The molecule has 11 heteroatoms. The van der Waals surface area contributed by atoms with Crippen LogP contribution in [0.25, 0.3) is 0 Å². The minimum absolute atomic E-state index is 0.0969. The van der Waals surface area contributed by atoms with Crippen molar-refractivity contribution in [3.8, 4) is 11.5 Å². The number of pyridine rings is 1. The molecule has 1 atom stereocenters. The molecule has 7 nitrogen and oxygen atoms in total. The van der Waals surface area contributed by atoms with E-state index in [1.807, 2.05) is 12.1 Å². The lowest BCUT2D eigenvalue weighted by Gasteiger charge is -2.24. The summed E-state index contributed by atoms with van der Waals surface area (Å²) in [5.74, 6) is 0.428. The van der Waals surface area contributed by atoms with Crippen LogP contribution in [0.4, 0.5) is 19.3 Å². The Labute approximate surface area is 229 Å². The SMILES string of the molecule is CN(Cc1ccc(N)cc1)C(=O)O[C@@H](Cc1c(Cl)c[nH+]cc1Cl)c1ccc(OC(F)F)c(OCC2CC2)c1. The Balaban J connectivity index is 1.61. The van der Waals surface area contributed by atoms with Crippen LogP contribution in [0.2, 0.25) is 10.0 Å². The van der Waals surface area contributed by atoms with Gasteiger partial charge in [0, 0.05) is 31.3 Å². The van der Waals surface area contributed by atoms with Crippen molar-refractivity contribution in [2.75, 3.05) is 19.4 Å². The standard InChI is InChI=1S/C27H27Cl2F2N3O4/c1-34(14-16-4-7-19(32)8-5-16)27(35)38-24(11-20-21(28)12-33-13-22(20)29)18-6-9-23(37-26(30)31)25(10-18)36-15-17-2-3-17/h4-10,12-13,17,24,26H,2-3,11,14-15,32H2,1H3/p+1/t24-/m0/s1. The number of anilines is 1. The normalized spacial score (nSPS) is 13.7. The fourth-order valence-corrected chi connectivity index (χ4v) is 4.31. The maximum absolute atomic E-state index is 13.1. The number of halogens is 4. The summed E-state index contributed by atoms with van der Waals surface area (Å²) >= 11 is 12.8. The summed E-state index contributed by atoms with van der Waals surface area (Å²) in [5.41, 5.74) is 8.29. The number of alkyl halides is 2. The van der Waals surface area contributed by atoms with Crippen molar-refractivity contribution < 1.29 is 32.8 Å². The highest BCUT2D eigenvalue weighted by Crippen LogP contribution is 2.38. The minimum atomic E-state index is -3.02. The van der Waals surface area contributed by atoms with E-state index in [4.69, 9.17) is 38.4 Å². The van der Waals surface area contributed by atoms with Crippen molar-refractivity contribution >= 4 is 35.0 Å². The molecule has 1 saturated carbocycles. The molecule has 0 spiro atoms. The van der Waals surface area contributed by atoms with Crippen LogP contribution in [-0.4, -0.2) is 31.3 Å². The number of carbonyl (C=O) groups excluding carboxylic acids is 1. The summed E-state index contributed by atoms with van der Waals surface area (Å²) in [6, 6.07) is 11.6. The number of nitrogens with two attached hydrogens (primary N) is 1. The number of H-pyrrole nitrogens is 1. The number of carbonyl (C=O) groups is 1. The number of rotatable bonds is 11. The van der Waals surface area contributed by atoms with E-state index in [0.29, 0.717) is 39.4 Å². The molecule has 0 aliphatic heterocycles. The van der Waals surface area contributed by atoms with Gasteiger partial charge in [-0.2, -0.15) is 8.78 Å². The number of amides is 1. The van der Waals surface area contributed by atoms with Crippen molar-refractivity contribution in [2.24, 2.45) is 5.92 Å². The van der Waals surface area contributed by atoms with Gasteiger partial charge in [-0.25, -0.2) is 9.78 Å². The first kappa shape index (κ1) is 27.7. The van der Waals surface area contributed by atoms with Gasteiger partial charge < -0.3 is 24.8 Å². The van der Waals surface area contributed by atoms with E-state index in [0.717, 1.165) is 18.4 Å². The van der Waals surface area contributed by atoms with E-state index in [9.17, 15) is 13.6 Å². The average molecular weight is 567 g/mol. The lowest BCUT2D eigenvalue weighted by molar-refractivity contribution is -0.377. The van der Waals surface area contributed by atoms with E-state index in [1.165, 1.54) is 11.0 Å². The third kappa shape index (κ3) is 7.61. The summed E-state index contributed by atoms with van der Waals surface area (Å²) in [7, 11) is 1.61. The largest absolute Gasteiger partial charge is 0.489 e. The molecule has 0 bridgehead atoms. The van der Waals surface area contributed by atoms with E-state index in [-0.39, 0.29) is 24.5 Å². The molecule has 0 unspecified atom stereocenters. The summed E-state index contributed by atoms with van der Waals surface area (Å²) in [6.07, 6.45) is 3.84. The van der Waals surface area contributed by atoms with Crippen molar-refractivity contribution in [2.45, 2.75) is 38.5 Å². The molecule has 1 amide bonds. The minimum Gasteiger partial charge on any atom is -0.489 e. The van der Waals surface area contributed by atoms with Gasteiger partial charge in [-0.1, -0.05) is 41.4 Å². The fraction of sp³-hybridized carbons (Fsp3) is 0.333. The van der Waals surface area contributed by atoms with Crippen LogP contribution >= 0.6 is 23.2 Å². The van der Waals surface area contributed by atoms with Crippen molar-refractivity contribution in [1.82, 2.24) is 4.90 Å². The molecule has 38 heavy (non-hydrogen) atoms. The first-order valence-electron chi connectivity index (χ1n) is 12.0. The van der Waals surface area contributed by atoms with Crippen molar-refractivity contribution in [1.29, 1.82) is 0 Å². The van der Waals surface area contributed by atoms with Gasteiger partial charge >= 0.3 is 12.7 Å². The summed E-state index contributed by atoms with van der Waals surface area (Å²) in [6.45, 7) is -2.35. The lowest BCUT2D eigenvalue weighted by atomic mass is 10.0. The highest BCUT2D eigenvalue weighted by Gasteiger charge is 2.27. The van der Waals surface area contributed by atoms with Crippen LogP contribution in [0.3, 0.4) is 0 Å². The fourth-order valence-electron chi connectivity index (χ4n) is 3.78. The zero-order chi connectivity index (χ0) is 27.2. The van der Waals surface area contributed by atoms with E-state index < -0.39 is 18.8 Å². The van der Waals surface area contributed by atoms with Gasteiger partial charge in [0.15, 0.2) is 23.9 Å². The Kier molecular flexibility index (Phi) is 9.12. The molecule has 1 heterocycles. The van der Waals surface area contributed by atoms with Gasteiger partial charge in [-0.05, 0) is 54.2 Å². The van der Waals surface area contributed by atoms with Crippen LogP contribution in [-0.2, 0) is 17.7 Å².